The number of fused-ring (bicyclic) bond motifs is 2. The molecule has 7 nitrogen and oxygen atoms in total. The molecule has 4 aromatic rings. The van der Waals surface area contributed by atoms with Gasteiger partial charge in [-0.2, -0.15) is 0 Å². The van der Waals surface area contributed by atoms with Gasteiger partial charge < -0.3 is 19.3 Å². The lowest BCUT2D eigenvalue weighted by molar-refractivity contribution is 0.0751. The molecule has 5 heterocycles. The van der Waals surface area contributed by atoms with Gasteiger partial charge in [0.15, 0.2) is 11.5 Å². The average molecular weight is 465 g/mol. The molecule has 0 spiro atoms. The summed E-state index contributed by atoms with van der Waals surface area (Å²) in [6.45, 7) is 4.00. The van der Waals surface area contributed by atoms with Crippen LogP contribution < -0.4 is 14.4 Å². The van der Waals surface area contributed by atoms with Gasteiger partial charge in [0.25, 0.3) is 5.91 Å². The highest BCUT2D eigenvalue weighted by Gasteiger charge is 2.25. The van der Waals surface area contributed by atoms with Gasteiger partial charge in [-0.15, -0.1) is 22.7 Å². The van der Waals surface area contributed by atoms with Gasteiger partial charge in [-0.25, -0.2) is 9.97 Å². The van der Waals surface area contributed by atoms with Crippen molar-refractivity contribution in [1.29, 1.82) is 0 Å². The summed E-state index contributed by atoms with van der Waals surface area (Å²) >= 11 is 3.14. The number of piperazine rings is 1. The van der Waals surface area contributed by atoms with E-state index in [1.165, 1.54) is 11.3 Å². The van der Waals surface area contributed by atoms with Crippen molar-refractivity contribution < 1.29 is 14.3 Å². The standard InChI is InChI=1S/C23H20N4O3S2/c28-23(20-4-3-19(32-20)15-1-2-17-18(13-15)30-11-10-29-17)27-8-6-26(7-9-27)21-16-5-12-31-22(16)25-14-24-21/h1-5,12-14H,6-11H2. The van der Waals surface area contributed by atoms with Crippen molar-refractivity contribution in [2.45, 2.75) is 0 Å². The first-order valence-electron chi connectivity index (χ1n) is 10.5. The van der Waals surface area contributed by atoms with E-state index in [-0.39, 0.29) is 5.91 Å². The Morgan fingerprint density at radius 2 is 1.78 bits per heavy atom. The van der Waals surface area contributed by atoms with Gasteiger partial charge in [-0.1, -0.05) is 0 Å². The smallest absolute Gasteiger partial charge is 0.264 e. The summed E-state index contributed by atoms with van der Waals surface area (Å²) in [6, 6.07) is 11.9. The largest absolute Gasteiger partial charge is 0.486 e. The number of anilines is 1. The zero-order valence-corrected chi connectivity index (χ0v) is 18.8. The van der Waals surface area contributed by atoms with Crippen LogP contribution in [0.5, 0.6) is 11.5 Å². The Kier molecular flexibility index (Phi) is 4.92. The Balaban J connectivity index is 1.15. The first-order chi connectivity index (χ1) is 15.8. The molecular formula is C23H20N4O3S2. The van der Waals surface area contributed by atoms with Crippen LogP contribution in [0, 0.1) is 0 Å². The second-order valence-electron chi connectivity index (χ2n) is 7.64. The minimum absolute atomic E-state index is 0.0850. The molecule has 0 unspecified atom stereocenters. The van der Waals surface area contributed by atoms with E-state index >= 15 is 0 Å². The lowest BCUT2D eigenvalue weighted by atomic mass is 10.1. The number of ether oxygens (including phenoxy) is 2. The highest BCUT2D eigenvalue weighted by Crippen LogP contribution is 2.37. The molecule has 1 fully saturated rings. The summed E-state index contributed by atoms with van der Waals surface area (Å²) in [6.07, 6.45) is 1.62. The molecule has 1 saturated heterocycles. The molecule has 32 heavy (non-hydrogen) atoms. The third-order valence-corrected chi connectivity index (χ3v) is 7.69. The van der Waals surface area contributed by atoms with Gasteiger partial charge >= 0.3 is 0 Å². The maximum absolute atomic E-state index is 13.1. The predicted molar refractivity (Wildman–Crippen MR) is 126 cm³/mol. The topological polar surface area (TPSA) is 67.8 Å². The van der Waals surface area contributed by atoms with E-state index < -0.39 is 0 Å². The fourth-order valence-electron chi connectivity index (χ4n) is 4.11. The number of rotatable bonds is 3. The quantitative estimate of drug-likeness (QED) is 0.454. The molecule has 162 valence electrons. The number of nitrogens with zero attached hydrogens (tertiary/aromatic N) is 4. The van der Waals surface area contributed by atoms with Crippen LogP contribution in [-0.2, 0) is 0 Å². The number of benzene rings is 1. The molecule has 0 aliphatic carbocycles. The van der Waals surface area contributed by atoms with Crippen LogP contribution in [0.3, 0.4) is 0 Å². The number of thiophene rings is 2. The maximum atomic E-state index is 13.1. The van der Waals surface area contributed by atoms with E-state index in [1.54, 1.807) is 17.7 Å². The fourth-order valence-corrected chi connectivity index (χ4v) is 5.81. The number of carbonyl (C=O) groups excluding carboxylic acids is 1. The fraction of sp³-hybridized carbons (Fsp3) is 0.261. The molecule has 2 aliphatic rings. The molecular weight excluding hydrogens is 444 g/mol. The maximum Gasteiger partial charge on any atom is 0.264 e. The molecule has 6 rings (SSSR count). The van der Waals surface area contributed by atoms with E-state index in [0.717, 1.165) is 55.9 Å². The summed E-state index contributed by atoms with van der Waals surface area (Å²) in [5.74, 6) is 2.58. The molecule has 0 atom stereocenters. The molecule has 1 aromatic carbocycles. The molecule has 2 aliphatic heterocycles. The van der Waals surface area contributed by atoms with Crippen LogP contribution >= 0.6 is 22.7 Å². The van der Waals surface area contributed by atoms with Crippen molar-refractivity contribution in [2.75, 3.05) is 44.3 Å². The van der Waals surface area contributed by atoms with E-state index in [4.69, 9.17) is 9.47 Å². The number of amides is 1. The van der Waals surface area contributed by atoms with Crippen LogP contribution in [0.4, 0.5) is 5.82 Å². The summed E-state index contributed by atoms with van der Waals surface area (Å²) in [4.78, 5) is 29.0. The van der Waals surface area contributed by atoms with Crippen molar-refractivity contribution >= 4 is 44.6 Å². The highest BCUT2D eigenvalue weighted by molar-refractivity contribution is 7.17. The Hall–Kier alpha value is -3.17. The van der Waals surface area contributed by atoms with Gasteiger partial charge in [0.2, 0.25) is 0 Å². The van der Waals surface area contributed by atoms with E-state index in [0.29, 0.717) is 26.3 Å². The van der Waals surface area contributed by atoms with Crippen molar-refractivity contribution in [3.05, 3.63) is 53.0 Å². The minimum Gasteiger partial charge on any atom is -0.486 e. The number of hydrogen-bond acceptors (Lipinski definition) is 8. The van der Waals surface area contributed by atoms with Crippen LogP contribution in [-0.4, -0.2) is 60.2 Å². The van der Waals surface area contributed by atoms with Crippen molar-refractivity contribution in [3.8, 4) is 21.9 Å². The van der Waals surface area contributed by atoms with Crippen LogP contribution in [0.1, 0.15) is 9.67 Å². The predicted octanol–water partition coefficient (Wildman–Crippen LogP) is 4.15. The second-order valence-corrected chi connectivity index (χ2v) is 9.62. The molecule has 0 saturated carbocycles. The van der Waals surface area contributed by atoms with Crippen molar-refractivity contribution in [3.63, 3.8) is 0 Å². The summed E-state index contributed by atoms with van der Waals surface area (Å²) in [5, 5.41) is 3.12. The number of carbonyl (C=O) groups is 1. The van der Waals surface area contributed by atoms with Gasteiger partial charge in [0, 0.05) is 31.1 Å². The van der Waals surface area contributed by atoms with Gasteiger partial charge in [-0.05, 0) is 47.3 Å². The second kappa shape index (κ2) is 8.07. The van der Waals surface area contributed by atoms with Gasteiger partial charge in [0.1, 0.15) is 30.2 Å². The van der Waals surface area contributed by atoms with Crippen molar-refractivity contribution in [2.24, 2.45) is 0 Å². The highest BCUT2D eigenvalue weighted by atomic mass is 32.1. The summed E-state index contributed by atoms with van der Waals surface area (Å²) in [7, 11) is 0. The van der Waals surface area contributed by atoms with Crippen LogP contribution in [0.2, 0.25) is 0 Å². The minimum atomic E-state index is 0.0850. The average Bonchev–Trinajstić information content (AvgIpc) is 3.53. The number of hydrogen-bond donors (Lipinski definition) is 0. The van der Waals surface area contributed by atoms with Gasteiger partial charge in [-0.3, -0.25) is 4.79 Å². The SMILES string of the molecule is O=C(c1ccc(-c2ccc3c(c2)OCCO3)s1)N1CCN(c2ncnc3sccc23)CC1. The molecule has 1 amide bonds. The Morgan fingerprint density at radius 3 is 2.66 bits per heavy atom. The molecule has 0 radical (unpaired) electrons. The summed E-state index contributed by atoms with van der Waals surface area (Å²) < 4.78 is 11.3. The van der Waals surface area contributed by atoms with Gasteiger partial charge in [0.05, 0.1) is 10.3 Å². The van der Waals surface area contributed by atoms with Crippen LogP contribution in [0.25, 0.3) is 20.7 Å². The Morgan fingerprint density at radius 1 is 0.938 bits per heavy atom. The normalized spacial score (nSPS) is 15.9. The Labute approximate surface area is 192 Å². The van der Waals surface area contributed by atoms with E-state index in [1.807, 2.05) is 40.6 Å². The lowest BCUT2D eigenvalue weighted by Gasteiger charge is -2.35. The first-order valence-corrected chi connectivity index (χ1v) is 12.2. The van der Waals surface area contributed by atoms with E-state index in [2.05, 4.69) is 20.9 Å². The third kappa shape index (κ3) is 3.47. The molecule has 0 bridgehead atoms. The lowest BCUT2D eigenvalue weighted by Crippen LogP contribution is -2.49. The molecule has 0 N–H and O–H groups in total. The zero-order chi connectivity index (χ0) is 21.5. The monoisotopic (exact) mass is 464 g/mol. The third-order valence-electron chi connectivity index (χ3n) is 5.75. The number of aromatic nitrogens is 2. The summed E-state index contributed by atoms with van der Waals surface area (Å²) in [5.41, 5.74) is 1.03. The van der Waals surface area contributed by atoms with E-state index in [9.17, 15) is 4.79 Å². The van der Waals surface area contributed by atoms with Crippen molar-refractivity contribution in [1.82, 2.24) is 14.9 Å². The Bertz CT molecular complexity index is 1290. The zero-order valence-electron chi connectivity index (χ0n) is 17.2. The first kappa shape index (κ1) is 19.5. The van der Waals surface area contributed by atoms with Crippen LogP contribution in [0.15, 0.2) is 48.1 Å². The molecule has 3 aromatic heterocycles. The molecule has 9 heteroatoms.